The minimum atomic E-state index is -0.955. The lowest BCUT2D eigenvalue weighted by molar-refractivity contribution is -0.146. The highest BCUT2D eigenvalue weighted by Gasteiger charge is 2.51. The number of aliphatic carboxylic acids is 1. The van der Waals surface area contributed by atoms with Crippen LogP contribution in [0.3, 0.4) is 0 Å². The number of hydrogen-bond acceptors (Lipinski definition) is 5. The number of fused-ring (bicyclic) bond motifs is 2. The van der Waals surface area contributed by atoms with Crippen LogP contribution in [-0.4, -0.2) is 30.1 Å². The number of carbonyl (C=O) groups excluding carboxylic acids is 2. The number of carbonyl (C=O) groups is 3. The van der Waals surface area contributed by atoms with E-state index in [1.165, 1.54) is 24.0 Å². The Morgan fingerprint density at radius 3 is 2.40 bits per heavy atom. The lowest BCUT2D eigenvalue weighted by Gasteiger charge is -2.23. The first-order valence-electron chi connectivity index (χ1n) is 9.95. The fraction of sp³-hybridized carbons (Fsp3) is 0.348. The van der Waals surface area contributed by atoms with Gasteiger partial charge in [0.2, 0.25) is 5.91 Å². The molecule has 0 spiro atoms. The van der Waals surface area contributed by atoms with Gasteiger partial charge in [-0.3, -0.25) is 9.59 Å². The molecule has 0 unspecified atom stereocenters. The first-order valence-corrected chi connectivity index (χ1v) is 10.8. The van der Waals surface area contributed by atoms with Crippen molar-refractivity contribution in [3.05, 3.63) is 52.9 Å². The van der Waals surface area contributed by atoms with Crippen LogP contribution in [0.2, 0.25) is 0 Å². The van der Waals surface area contributed by atoms with Gasteiger partial charge in [0.15, 0.2) is 0 Å². The van der Waals surface area contributed by atoms with E-state index in [1.54, 1.807) is 0 Å². The smallest absolute Gasteiger partial charge is 0.341 e. The molecule has 1 saturated carbocycles. The van der Waals surface area contributed by atoms with Crippen LogP contribution in [0.1, 0.15) is 29.3 Å². The molecule has 2 aliphatic carbocycles. The second-order valence-electron chi connectivity index (χ2n) is 7.72. The average Bonchev–Trinajstić information content (AvgIpc) is 3.47. The number of esters is 1. The van der Waals surface area contributed by atoms with E-state index in [0.717, 1.165) is 12.0 Å². The summed E-state index contributed by atoms with van der Waals surface area (Å²) in [5, 5.41) is 14.6. The second kappa shape index (κ2) is 8.07. The van der Waals surface area contributed by atoms with Gasteiger partial charge in [-0.25, -0.2) is 4.79 Å². The van der Waals surface area contributed by atoms with Gasteiger partial charge < -0.3 is 15.2 Å². The maximum absolute atomic E-state index is 13.1. The number of rotatable bonds is 6. The van der Waals surface area contributed by atoms with Crippen molar-refractivity contribution >= 4 is 34.2 Å². The molecular formula is C23H23NO5S. The summed E-state index contributed by atoms with van der Waals surface area (Å²) < 4.78 is 4.97. The van der Waals surface area contributed by atoms with Crippen molar-refractivity contribution in [2.45, 2.75) is 19.8 Å². The highest BCUT2D eigenvalue weighted by Crippen LogP contribution is 2.49. The van der Waals surface area contributed by atoms with Crippen LogP contribution < -0.4 is 5.32 Å². The molecule has 0 aliphatic heterocycles. The van der Waals surface area contributed by atoms with Crippen LogP contribution >= 0.6 is 11.3 Å². The third-order valence-electron chi connectivity index (χ3n) is 6.14. The Bertz CT molecular complexity index is 1020. The van der Waals surface area contributed by atoms with Crippen LogP contribution in [-0.2, 0) is 20.7 Å². The third kappa shape index (κ3) is 3.43. The van der Waals surface area contributed by atoms with Crippen molar-refractivity contribution in [2.24, 2.45) is 23.7 Å². The maximum atomic E-state index is 13.1. The predicted octanol–water partition coefficient (Wildman–Crippen LogP) is 4.23. The Hall–Kier alpha value is -2.93. The van der Waals surface area contributed by atoms with Gasteiger partial charge in [-0.1, -0.05) is 43.3 Å². The van der Waals surface area contributed by atoms with Crippen molar-refractivity contribution in [1.29, 1.82) is 0 Å². The van der Waals surface area contributed by atoms with Crippen molar-refractivity contribution in [3.63, 3.8) is 0 Å². The molecule has 0 radical (unpaired) electrons. The third-order valence-corrected chi connectivity index (χ3v) is 7.03. The second-order valence-corrected chi connectivity index (χ2v) is 8.60. The van der Waals surface area contributed by atoms with Gasteiger partial charge in [-0.05, 0) is 35.8 Å². The molecule has 156 valence electrons. The molecule has 1 fully saturated rings. The molecule has 1 aromatic heterocycles. The number of methoxy groups -OCH3 is 1. The molecule has 2 bridgehead atoms. The lowest BCUT2D eigenvalue weighted by atomic mass is 9.82. The summed E-state index contributed by atoms with van der Waals surface area (Å²) >= 11 is 1.24. The highest BCUT2D eigenvalue weighted by molar-refractivity contribution is 7.15. The predicted molar refractivity (Wildman–Crippen MR) is 114 cm³/mol. The van der Waals surface area contributed by atoms with Gasteiger partial charge in [0, 0.05) is 10.9 Å². The fourth-order valence-electron chi connectivity index (χ4n) is 4.60. The standard InChI is InChI=1S/C23H23NO5S/c1-3-12-4-6-13(7-5-12)16-11-30-21(19(16)23(28)29-2)24-20(25)17-14-8-9-15(10-14)18(17)22(26)27/h4-9,11,14-15,17-18H,3,10H2,1-2H3,(H,24,25)(H,26,27)/t14-,15-,17-,18+/m0/s1. The summed E-state index contributed by atoms with van der Waals surface area (Å²) in [5.74, 6) is -3.43. The lowest BCUT2D eigenvalue weighted by Crippen LogP contribution is -2.36. The monoisotopic (exact) mass is 425 g/mol. The minimum absolute atomic E-state index is 0.0845. The molecule has 2 N–H and O–H groups in total. The number of ether oxygens (including phenoxy) is 1. The number of anilines is 1. The quantitative estimate of drug-likeness (QED) is 0.534. The topological polar surface area (TPSA) is 92.7 Å². The molecular weight excluding hydrogens is 402 g/mol. The van der Waals surface area contributed by atoms with Crippen LogP contribution in [0.4, 0.5) is 5.00 Å². The van der Waals surface area contributed by atoms with Crippen molar-refractivity contribution < 1.29 is 24.2 Å². The first kappa shape index (κ1) is 20.3. The zero-order valence-corrected chi connectivity index (χ0v) is 17.6. The molecule has 0 saturated heterocycles. The fourth-order valence-corrected chi connectivity index (χ4v) is 5.56. The summed E-state index contributed by atoms with van der Waals surface area (Å²) in [5.41, 5.74) is 3.03. The van der Waals surface area contributed by atoms with E-state index in [4.69, 9.17) is 4.74 Å². The summed E-state index contributed by atoms with van der Waals surface area (Å²) in [4.78, 5) is 37.3. The Kier molecular flexibility index (Phi) is 5.47. The number of carboxylic acids is 1. The van der Waals surface area contributed by atoms with Crippen LogP contribution in [0.15, 0.2) is 41.8 Å². The van der Waals surface area contributed by atoms with Crippen molar-refractivity contribution in [1.82, 2.24) is 0 Å². The van der Waals surface area contributed by atoms with E-state index in [0.29, 0.717) is 22.5 Å². The summed E-state index contributed by atoms with van der Waals surface area (Å²) in [7, 11) is 1.30. The van der Waals surface area contributed by atoms with Crippen LogP contribution in [0, 0.1) is 23.7 Å². The van der Waals surface area contributed by atoms with E-state index < -0.39 is 23.8 Å². The van der Waals surface area contributed by atoms with E-state index >= 15 is 0 Å². The summed E-state index contributed by atoms with van der Waals surface area (Å²) in [6.07, 6.45) is 5.43. The normalized spacial score (nSPS) is 24.1. The van der Waals surface area contributed by atoms with Gasteiger partial charge in [-0.2, -0.15) is 0 Å². The van der Waals surface area contributed by atoms with Gasteiger partial charge in [-0.15, -0.1) is 11.3 Å². The molecule has 4 atom stereocenters. The van der Waals surface area contributed by atoms with E-state index in [2.05, 4.69) is 12.2 Å². The van der Waals surface area contributed by atoms with Gasteiger partial charge in [0.1, 0.15) is 10.6 Å². The number of allylic oxidation sites excluding steroid dienone is 2. The minimum Gasteiger partial charge on any atom is -0.481 e. The summed E-state index contributed by atoms with van der Waals surface area (Å²) in [6, 6.07) is 7.90. The van der Waals surface area contributed by atoms with Crippen LogP contribution in [0.25, 0.3) is 11.1 Å². The zero-order chi connectivity index (χ0) is 21.4. The van der Waals surface area contributed by atoms with E-state index in [9.17, 15) is 19.5 Å². The summed E-state index contributed by atoms with van der Waals surface area (Å²) in [6.45, 7) is 2.07. The Morgan fingerprint density at radius 1 is 1.13 bits per heavy atom. The molecule has 2 aliphatic rings. The first-order chi connectivity index (χ1) is 14.4. The highest BCUT2D eigenvalue weighted by atomic mass is 32.1. The number of aryl methyl sites for hydroxylation is 1. The SMILES string of the molecule is CCc1ccc(-c2csc(NC(=O)[C@@H]3[C@H](C(=O)O)[C@H]4C=C[C@H]3C4)c2C(=O)OC)cc1. The van der Waals surface area contributed by atoms with Gasteiger partial charge in [0.25, 0.3) is 0 Å². The molecule has 1 heterocycles. The largest absolute Gasteiger partial charge is 0.481 e. The number of thiophene rings is 1. The molecule has 30 heavy (non-hydrogen) atoms. The van der Waals surface area contributed by atoms with Crippen LogP contribution in [0.5, 0.6) is 0 Å². The molecule has 6 nitrogen and oxygen atoms in total. The number of carboxylic acid groups (broad SMARTS) is 1. The van der Waals surface area contributed by atoms with Crippen molar-refractivity contribution in [2.75, 3.05) is 12.4 Å². The number of hydrogen-bond donors (Lipinski definition) is 2. The molecule has 4 rings (SSSR count). The molecule has 1 aromatic carbocycles. The molecule has 1 amide bonds. The van der Waals surface area contributed by atoms with Gasteiger partial charge in [0.05, 0.1) is 18.9 Å². The molecule has 7 heteroatoms. The van der Waals surface area contributed by atoms with E-state index in [1.807, 2.05) is 41.8 Å². The Balaban J connectivity index is 1.65. The molecule has 2 aromatic rings. The Labute approximate surface area is 178 Å². The Morgan fingerprint density at radius 2 is 1.80 bits per heavy atom. The average molecular weight is 426 g/mol. The van der Waals surface area contributed by atoms with Crippen molar-refractivity contribution in [3.8, 4) is 11.1 Å². The zero-order valence-electron chi connectivity index (χ0n) is 16.8. The number of amides is 1. The number of nitrogens with one attached hydrogen (secondary N) is 1. The number of benzene rings is 1. The maximum Gasteiger partial charge on any atom is 0.341 e. The van der Waals surface area contributed by atoms with Gasteiger partial charge >= 0.3 is 11.9 Å². The van der Waals surface area contributed by atoms with E-state index in [-0.39, 0.29) is 17.7 Å².